The van der Waals surface area contributed by atoms with Crippen LogP contribution in [0, 0.1) is 0 Å². The minimum Gasteiger partial charge on any atom is -0.465 e. The number of ether oxygens (including phenoxy) is 3. The lowest BCUT2D eigenvalue weighted by molar-refractivity contribution is -0.938. The average molecular weight is 403 g/mol. The maximum absolute atomic E-state index is 13.1. The quantitative estimate of drug-likeness (QED) is 0.220. The second-order valence-corrected chi connectivity index (χ2v) is 9.08. The molecule has 1 aromatic carbocycles. The van der Waals surface area contributed by atoms with Crippen LogP contribution in [0.2, 0.25) is 0 Å². The van der Waals surface area contributed by atoms with Crippen molar-refractivity contribution in [1.29, 1.82) is 0 Å². The average Bonchev–Trinajstić information content (AvgIpc) is 3.45. The highest BCUT2D eigenvalue weighted by Crippen LogP contribution is 2.51. The van der Waals surface area contributed by atoms with Crippen LogP contribution < -0.4 is 0 Å². The van der Waals surface area contributed by atoms with Crippen molar-refractivity contribution in [1.82, 2.24) is 0 Å². The first-order valence-corrected chi connectivity index (χ1v) is 10.8. The number of hydrogen-bond acceptors (Lipinski definition) is 5. The highest BCUT2D eigenvalue weighted by atomic mass is 16.6. The molecule has 4 rings (SSSR count). The molecule has 1 unspecified atom stereocenters. The number of carbonyl (C=O) groups is 2. The summed E-state index contributed by atoms with van der Waals surface area (Å²) in [6, 6.07) is 9.79. The van der Waals surface area contributed by atoms with E-state index in [0.717, 1.165) is 36.6 Å². The van der Waals surface area contributed by atoms with Crippen molar-refractivity contribution in [3.05, 3.63) is 35.9 Å². The molecule has 6 heteroatoms. The van der Waals surface area contributed by atoms with Gasteiger partial charge in [-0.3, -0.25) is 9.59 Å². The van der Waals surface area contributed by atoms with E-state index < -0.39 is 17.9 Å². The molecule has 6 atom stereocenters. The van der Waals surface area contributed by atoms with Crippen molar-refractivity contribution in [3.63, 3.8) is 0 Å². The first-order chi connectivity index (χ1) is 13.9. The summed E-state index contributed by atoms with van der Waals surface area (Å²) in [6.45, 7) is 2.43. The third kappa shape index (κ3) is 3.92. The maximum Gasteiger partial charge on any atom is 0.325 e. The molecule has 0 spiro atoms. The van der Waals surface area contributed by atoms with Crippen molar-refractivity contribution in [2.75, 3.05) is 20.7 Å². The number of hydrogen-bond donors (Lipinski definition) is 0. The maximum atomic E-state index is 13.1. The number of nitrogens with zero attached hydrogens (tertiary/aromatic N) is 1. The molecular formula is C23H32NO5+. The lowest BCUT2D eigenvalue weighted by atomic mass is 9.95. The standard InChI is InChI=1S/C23H32NO5/c1-4-5-9-12-27-22(25)19(15-10-7-6-8-11-15)23(26)28-16-13-17-20-21(29-20)18(14-16)24(17,2)3/h6-8,10-11,16-21H,4-5,9,12-14H2,1-3H3/q+1/t16?,17-,18+,19-,20-,21+/m0/s1. The summed E-state index contributed by atoms with van der Waals surface area (Å²) in [4.78, 5) is 25.8. The van der Waals surface area contributed by atoms with E-state index in [4.69, 9.17) is 14.2 Å². The van der Waals surface area contributed by atoms with Gasteiger partial charge in [-0.05, 0) is 12.0 Å². The number of rotatable bonds is 8. The Hall–Kier alpha value is -1.92. The molecule has 1 aromatic rings. The van der Waals surface area contributed by atoms with Gasteiger partial charge in [-0.15, -0.1) is 0 Å². The Morgan fingerprint density at radius 2 is 1.72 bits per heavy atom. The molecule has 0 aliphatic carbocycles. The first-order valence-electron chi connectivity index (χ1n) is 10.8. The highest BCUT2D eigenvalue weighted by Gasteiger charge is 2.70. The summed E-state index contributed by atoms with van der Waals surface area (Å²) in [7, 11) is 4.48. The summed E-state index contributed by atoms with van der Waals surface area (Å²) in [5.41, 5.74) is 0.624. The SMILES string of the molecule is CCCCCOC(=O)[C@@H](C(=O)OC1C[C@@H]2[C@H]3O[C@H]3[C@H](C1)[N+]2(C)C)c1ccccc1. The summed E-state index contributed by atoms with van der Waals surface area (Å²) >= 11 is 0. The minimum atomic E-state index is -1.02. The Balaban J connectivity index is 1.42. The number of benzene rings is 1. The van der Waals surface area contributed by atoms with Crippen LogP contribution in [-0.4, -0.2) is 67.5 Å². The van der Waals surface area contributed by atoms with Gasteiger partial charge in [0.05, 0.1) is 20.7 Å². The summed E-state index contributed by atoms with van der Waals surface area (Å²) in [5, 5.41) is 0. The number of epoxide rings is 1. The summed E-state index contributed by atoms with van der Waals surface area (Å²) in [6.07, 6.45) is 4.84. The second-order valence-electron chi connectivity index (χ2n) is 9.08. The van der Waals surface area contributed by atoms with E-state index in [0.29, 0.717) is 36.5 Å². The van der Waals surface area contributed by atoms with Crippen LogP contribution in [0.25, 0.3) is 0 Å². The predicted octanol–water partition coefficient (Wildman–Crippen LogP) is 2.80. The van der Waals surface area contributed by atoms with E-state index in [1.54, 1.807) is 12.1 Å². The van der Waals surface area contributed by atoms with Crippen molar-refractivity contribution < 1.29 is 28.3 Å². The molecule has 29 heavy (non-hydrogen) atoms. The molecule has 3 heterocycles. The van der Waals surface area contributed by atoms with Gasteiger partial charge >= 0.3 is 11.9 Å². The van der Waals surface area contributed by atoms with Gasteiger partial charge in [0.15, 0.2) is 5.92 Å². The van der Waals surface area contributed by atoms with Crippen molar-refractivity contribution >= 4 is 11.9 Å². The van der Waals surface area contributed by atoms with Crippen LogP contribution in [0.15, 0.2) is 30.3 Å². The van der Waals surface area contributed by atoms with Crippen LogP contribution >= 0.6 is 0 Å². The molecule has 0 aromatic heterocycles. The predicted molar refractivity (Wildman–Crippen MR) is 107 cm³/mol. The molecule has 0 radical (unpaired) electrons. The van der Waals surface area contributed by atoms with Gasteiger partial charge in [0.1, 0.15) is 30.4 Å². The van der Waals surface area contributed by atoms with E-state index in [1.165, 1.54) is 0 Å². The minimum absolute atomic E-state index is 0.167. The fourth-order valence-electron chi connectivity index (χ4n) is 5.16. The summed E-state index contributed by atoms with van der Waals surface area (Å²) in [5.74, 6) is -2.04. The molecule has 3 aliphatic rings. The summed E-state index contributed by atoms with van der Waals surface area (Å²) < 4.78 is 18.0. The molecule has 3 fully saturated rings. The number of quaternary nitrogens is 1. The monoisotopic (exact) mass is 402 g/mol. The Morgan fingerprint density at radius 3 is 2.34 bits per heavy atom. The van der Waals surface area contributed by atoms with Gasteiger partial charge in [-0.1, -0.05) is 50.1 Å². The number of likely N-dealkylation sites (N-methyl/N-ethyl adjacent to an activating group) is 1. The Labute approximate surface area is 172 Å². The molecule has 2 bridgehead atoms. The molecule has 6 nitrogen and oxygen atoms in total. The fraction of sp³-hybridized carbons (Fsp3) is 0.652. The molecular weight excluding hydrogens is 370 g/mol. The Kier molecular flexibility index (Phi) is 5.67. The third-order valence-electron chi connectivity index (χ3n) is 6.92. The van der Waals surface area contributed by atoms with Gasteiger partial charge in [-0.25, -0.2) is 0 Å². The van der Waals surface area contributed by atoms with Crippen molar-refractivity contribution in [2.24, 2.45) is 0 Å². The van der Waals surface area contributed by atoms with Crippen LogP contribution in [0.5, 0.6) is 0 Å². The zero-order chi connectivity index (χ0) is 20.6. The van der Waals surface area contributed by atoms with Gasteiger partial charge in [0.2, 0.25) is 0 Å². The normalized spacial score (nSPS) is 32.2. The molecule has 3 saturated heterocycles. The van der Waals surface area contributed by atoms with Crippen molar-refractivity contribution in [2.45, 2.75) is 75.3 Å². The van der Waals surface area contributed by atoms with Gasteiger partial charge < -0.3 is 18.7 Å². The third-order valence-corrected chi connectivity index (χ3v) is 6.92. The van der Waals surface area contributed by atoms with Crippen LogP contribution in [-0.2, 0) is 23.8 Å². The second kappa shape index (κ2) is 8.07. The van der Waals surface area contributed by atoms with Crippen molar-refractivity contribution in [3.8, 4) is 0 Å². The fourth-order valence-corrected chi connectivity index (χ4v) is 5.16. The number of fused-ring (bicyclic) bond motifs is 5. The lowest BCUT2D eigenvalue weighted by Gasteiger charge is -2.45. The Morgan fingerprint density at radius 1 is 1.07 bits per heavy atom. The van der Waals surface area contributed by atoms with E-state index in [-0.39, 0.29) is 6.10 Å². The number of piperidine rings is 1. The zero-order valence-corrected chi connectivity index (χ0v) is 17.6. The number of esters is 2. The smallest absolute Gasteiger partial charge is 0.325 e. The number of unbranched alkanes of at least 4 members (excludes halogenated alkanes) is 2. The lowest BCUT2D eigenvalue weighted by Crippen LogP contribution is -2.60. The largest absolute Gasteiger partial charge is 0.465 e. The molecule has 0 saturated carbocycles. The molecule has 0 N–H and O–H groups in total. The van der Waals surface area contributed by atoms with E-state index >= 15 is 0 Å². The number of carbonyl (C=O) groups excluding carboxylic acids is 2. The molecule has 3 aliphatic heterocycles. The van der Waals surface area contributed by atoms with Crippen LogP contribution in [0.1, 0.15) is 50.5 Å². The molecule has 158 valence electrons. The number of morpholine rings is 1. The van der Waals surface area contributed by atoms with Gasteiger partial charge in [-0.2, -0.15) is 0 Å². The van der Waals surface area contributed by atoms with Crippen LogP contribution in [0.3, 0.4) is 0 Å². The Bertz CT molecular complexity index is 729. The first kappa shape index (κ1) is 20.4. The van der Waals surface area contributed by atoms with E-state index in [1.807, 2.05) is 18.2 Å². The highest BCUT2D eigenvalue weighted by molar-refractivity contribution is 6.00. The topological polar surface area (TPSA) is 65.1 Å². The van der Waals surface area contributed by atoms with E-state index in [2.05, 4.69) is 21.0 Å². The van der Waals surface area contributed by atoms with Gasteiger partial charge in [0, 0.05) is 12.8 Å². The zero-order valence-electron chi connectivity index (χ0n) is 17.6. The van der Waals surface area contributed by atoms with Crippen LogP contribution in [0.4, 0.5) is 0 Å². The van der Waals surface area contributed by atoms with Gasteiger partial charge in [0.25, 0.3) is 0 Å². The molecule has 0 amide bonds. The van der Waals surface area contributed by atoms with E-state index in [9.17, 15) is 9.59 Å².